The Bertz CT molecular complexity index is 547. The molecule has 0 radical (unpaired) electrons. The average Bonchev–Trinajstić information content (AvgIpc) is 3.37. The summed E-state index contributed by atoms with van der Waals surface area (Å²) in [4.78, 5) is 24.0. The van der Waals surface area contributed by atoms with Crippen LogP contribution in [0, 0.1) is 11.8 Å². The van der Waals surface area contributed by atoms with Crippen molar-refractivity contribution < 1.29 is 19.1 Å². The second-order valence-corrected chi connectivity index (χ2v) is 5.62. The fraction of sp³-hybridized carbons (Fsp3) is 0.529. The van der Waals surface area contributed by atoms with Gasteiger partial charge in [0.15, 0.2) is 0 Å². The van der Waals surface area contributed by atoms with Crippen molar-refractivity contribution in [1.29, 1.82) is 0 Å². The summed E-state index contributed by atoms with van der Waals surface area (Å²) < 4.78 is 10.2. The molecule has 1 aliphatic rings. The van der Waals surface area contributed by atoms with Gasteiger partial charge < -0.3 is 20.1 Å². The third-order valence-electron chi connectivity index (χ3n) is 3.93. The quantitative estimate of drug-likeness (QED) is 0.668. The van der Waals surface area contributed by atoms with E-state index in [0.29, 0.717) is 26.1 Å². The third-order valence-corrected chi connectivity index (χ3v) is 3.93. The highest BCUT2D eigenvalue weighted by molar-refractivity contribution is 5.92. The Hall–Kier alpha value is -2.08. The van der Waals surface area contributed by atoms with Crippen LogP contribution in [0.15, 0.2) is 24.3 Å². The number of rotatable bonds is 9. The molecule has 1 aromatic rings. The molecule has 2 atom stereocenters. The number of carbonyl (C=O) groups excluding carboxylic acids is 2. The molecule has 2 unspecified atom stereocenters. The molecule has 1 aromatic carbocycles. The Labute approximate surface area is 136 Å². The van der Waals surface area contributed by atoms with E-state index < -0.39 is 0 Å². The molecule has 1 aliphatic carbocycles. The monoisotopic (exact) mass is 320 g/mol. The highest BCUT2D eigenvalue weighted by Crippen LogP contribution is 2.38. The number of hydrogen-bond donors (Lipinski definition) is 2. The van der Waals surface area contributed by atoms with Crippen LogP contribution in [0.1, 0.15) is 18.4 Å². The standard InChI is InChI=1S/C17H24N2O4/c1-22-9-5-8-18-16(20)13-10-14(13)17(21)19-11-12-6-3-4-7-15(12)23-2/h3-4,6-7,13-14H,5,8-11H2,1-2H3,(H,18,20)(H,19,21). The van der Waals surface area contributed by atoms with Gasteiger partial charge in [-0.05, 0) is 18.9 Å². The molecule has 23 heavy (non-hydrogen) atoms. The van der Waals surface area contributed by atoms with E-state index in [2.05, 4.69) is 10.6 Å². The lowest BCUT2D eigenvalue weighted by Gasteiger charge is -2.09. The Morgan fingerprint density at radius 1 is 1.13 bits per heavy atom. The molecule has 0 heterocycles. The zero-order valence-electron chi connectivity index (χ0n) is 13.6. The van der Waals surface area contributed by atoms with Crippen LogP contribution in [-0.2, 0) is 20.9 Å². The van der Waals surface area contributed by atoms with Crippen LogP contribution in [0.4, 0.5) is 0 Å². The van der Waals surface area contributed by atoms with Crippen LogP contribution >= 0.6 is 0 Å². The van der Waals surface area contributed by atoms with Gasteiger partial charge in [0.05, 0.1) is 18.9 Å². The molecule has 0 aromatic heterocycles. The van der Waals surface area contributed by atoms with Crippen LogP contribution in [-0.4, -0.2) is 39.2 Å². The minimum absolute atomic E-state index is 0.0430. The third kappa shape index (κ3) is 4.96. The summed E-state index contributed by atoms with van der Waals surface area (Å²) in [7, 11) is 3.23. The second-order valence-electron chi connectivity index (χ2n) is 5.62. The number of amides is 2. The number of methoxy groups -OCH3 is 2. The fourth-order valence-corrected chi connectivity index (χ4v) is 2.50. The first-order chi connectivity index (χ1) is 11.2. The lowest BCUT2D eigenvalue weighted by molar-refractivity contribution is -0.127. The molecule has 6 heteroatoms. The summed E-state index contributed by atoms with van der Waals surface area (Å²) in [5.74, 6) is 0.213. The molecule has 2 rings (SSSR count). The predicted molar refractivity (Wildman–Crippen MR) is 85.9 cm³/mol. The number of benzene rings is 1. The molecule has 6 nitrogen and oxygen atoms in total. The van der Waals surface area contributed by atoms with Crippen LogP contribution in [0.2, 0.25) is 0 Å². The lowest BCUT2D eigenvalue weighted by atomic mass is 10.2. The largest absolute Gasteiger partial charge is 0.496 e. The molecule has 2 N–H and O–H groups in total. The molecule has 1 saturated carbocycles. The van der Waals surface area contributed by atoms with Gasteiger partial charge in [0.1, 0.15) is 5.75 Å². The maximum absolute atomic E-state index is 12.1. The Morgan fingerprint density at radius 2 is 1.83 bits per heavy atom. The van der Waals surface area contributed by atoms with E-state index in [-0.39, 0.29) is 23.7 Å². The van der Waals surface area contributed by atoms with Gasteiger partial charge >= 0.3 is 0 Å². The van der Waals surface area contributed by atoms with Crippen LogP contribution in [0.25, 0.3) is 0 Å². The van der Waals surface area contributed by atoms with E-state index >= 15 is 0 Å². The van der Waals surface area contributed by atoms with Crippen molar-refractivity contribution in [2.24, 2.45) is 11.8 Å². The maximum Gasteiger partial charge on any atom is 0.224 e. The lowest BCUT2D eigenvalue weighted by Crippen LogP contribution is -2.30. The Morgan fingerprint density at radius 3 is 2.52 bits per heavy atom. The molecular formula is C17H24N2O4. The second kappa shape index (κ2) is 8.53. The van der Waals surface area contributed by atoms with Gasteiger partial charge in [-0.3, -0.25) is 9.59 Å². The first kappa shape index (κ1) is 17.3. The predicted octanol–water partition coefficient (Wildman–Crippen LogP) is 1.10. The normalized spacial score (nSPS) is 19.0. The minimum Gasteiger partial charge on any atom is -0.496 e. The molecule has 2 amide bonds. The van der Waals surface area contributed by atoms with E-state index in [1.807, 2.05) is 24.3 Å². The summed E-state index contributed by atoms with van der Waals surface area (Å²) >= 11 is 0. The van der Waals surface area contributed by atoms with Crippen molar-refractivity contribution in [3.63, 3.8) is 0 Å². The van der Waals surface area contributed by atoms with Gasteiger partial charge in [0, 0.05) is 32.4 Å². The first-order valence-electron chi connectivity index (χ1n) is 7.83. The molecule has 0 saturated heterocycles. The summed E-state index contributed by atoms with van der Waals surface area (Å²) in [5, 5.41) is 5.72. The number of carbonyl (C=O) groups is 2. The topological polar surface area (TPSA) is 76.7 Å². The van der Waals surface area contributed by atoms with Crippen LogP contribution < -0.4 is 15.4 Å². The van der Waals surface area contributed by atoms with E-state index in [1.165, 1.54) is 0 Å². The molecule has 0 bridgehead atoms. The van der Waals surface area contributed by atoms with Crippen molar-refractivity contribution >= 4 is 11.8 Å². The molecule has 126 valence electrons. The van der Waals surface area contributed by atoms with E-state index in [4.69, 9.17) is 9.47 Å². The van der Waals surface area contributed by atoms with Crippen LogP contribution in [0.3, 0.4) is 0 Å². The van der Waals surface area contributed by atoms with Crippen molar-refractivity contribution in [1.82, 2.24) is 10.6 Å². The van der Waals surface area contributed by atoms with Gasteiger partial charge in [0.25, 0.3) is 0 Å². The van der Waals surface area contributed by atoms with E-state index in [9.17, 15) is 9.59 Å². The smallest absolute Gasteiger partial charge is 0.224 e. The van der Waals surface area contributed by atoms with Gasteiger partial charge in [-0.25, -0.2) is 0 Å². The number of nitrogens with one attached hydrogen (secondary N) is 2. The summed E-state index contributed by atoms with van der Waals surface area (Å²) in [6, 6.07) is 7.55. The number of para-hydroxylation sites is 1. The van der Waals surface area contributed by atoms with Crippen molar-refractivity contribution in [2.75, 3.05) is 27.4 Å². The van der Waals surface area contributed by atoms with Crippen molar-refractivity contribution in [3.05, 3.63) is 29.8 Å². The van der Waals surface area contributed by atoms with Crippen LogP contribution in [0.5, 0.6) is 5.75 Å². The maximum atomic E-state index is 12.1. The molecule has 1 fully saturated rings. The molecule has 0 aliphatic heterocycles. The van der Waals surface area contributed by atoms with Gasteiger partial charge in [-0.1, -0.05) is 18.2 Å². The fourth-order valence-electron chi connectivity index (χ4n) is 2.50. The minimum atomic E-state index is -0.216. The Balaban J connectivity index is 1.72. The van der Waals surface area contributed by atoms with Gasteiger partial charge in [-0.2, -0.15) is 0 Å². The average molecular weight is 320 g/mol. The van der Waals surface area contributed by atoms with Crippen molar-refractivity contribution in [3.8, 4) is 5.75 Å². The molecular weight excluding hydrogens is 296 g/mol. The number of ether oxygens (including phenoxy) is 2. The summed E-state index contributed by atoms with van der Waals surface area (Å²) in [5.41, 5.74) is 0.921. The Kier molecular flexibility index (Phi) is 6.40. The van der Waals surface area contributed by atoms with Gasteiger partial charge in [0.2, 0.25) is 11.8 Å². The van der Waals surface area contributed by atoms with Crippen molar-refractivity contribution in [2.45, 2.75) is 19.4 Å². The molecule has 0 spiro atoms. The van der Waals surface area contributed by atoms with E-state index in [0.717, 1.165) is 17.7 Å². The van der Waals surface area contributed by atoms with Gasteiger partial charge in [-0.15, -0.1) is 0 Å². The van der Waals surface area contributed by atoms with E-state index in [1.54, 1.807) is 14.2 Å². The highest BCUT2D eigenvalue weighted by Gasteiger charge is 2.47. The zero-order valence-corrected chi connectivity index (χ0v) is 13.6. The first-order valence-corrected chi connectivity index (χ1v) is 7.83. The highest BCUT2D eigenvalue weighted by atomic mass is 16.5. The number of hydrogen-bond acceptors (Lipinski definition) is 4. The summed E-state index contributed by atoms with van der Waals surface area (Å²) in [6.45, 7) is 1.61. The zero-order chi connectivity index (χ0) is 16.7. The summed E-state index contributed by atoms with van der Waals surface area (Å²) in [6.07, 6.45) is 1.40. The SMILES string of the molecule is COCCCNC(=O)C1CC1C(=O)NCc1ccccc1OC.